The Balaban J connectivity index is 1.48. The average Bonchev–Trinajstić information content (AvgIpc) is 3.26. The smallest absolute Gasteiger partial charge is 0.230 e. The average molecular weight is 392 g/mol. The second-order valence-electron chi connectivity index (χ2n) is 6.83. The molecule has 0 spiro atoms. The summed E-state index contributed by atoms with van der Waals surface area (Å²) in [5.74, 6) is 0.0533. The lowest BCUT2D eigenvalue weighted by Crippen LogP contribution is -2.27. The molecule has 0 radical (unpaired) electrons. The zero-order chi connectivity index (χ0) is 19.2. The van der Waals surface area contributed by atoms with Crippen molar-refractivity contribution in [3.05, 3.63) is 47.0 Å². The van der Waals surface area contributed by atoms with Crippen LogP contribution < -0.4 is 5.32 Å². The minimum absolute atomic E-state index is 0.0240. The Morgan fingerprint density at radius 3 is 2.85 bits per heavy atom. The molecule has 2 aromatic rings. The number of carbonyl (C=O) groups is 1. The highest BCUT2D eigenvalue weighted by Crippen LogP contribution is 2.24. The molecule has 1 aliphatic heterocycles. The molecule has 1 aliphatic rings. The molecule has 1 saturated heterocycles. The molecule has 1 aromatic carbocycles. The number of aryl methyl sites for hydroxylation is 1. The molecule has 146 valence electrons. The maximum atomic E-state index is 12.9. The number of ether oxygens (including phenoxy) is 1. The van der Waals surface area contributed by atoms with Crippen molar-refractivity contribution in [1.29, 1.82) is 0 Å². The number of amides is 1. The van der Waals surface area contributed by atoms with E-state index in [1.54, 1.807) is 12.1 Å². The van der Waals surface area contributed by atoms with Gasteiger partial charge in [0.25, 0.3) is 0 Å². The van der Waals surface area contributed by atoms with Gasteiger partial charge in [0.05, 0.1) is 24.1 Å². The summed E-state index contributed by atoms with van der Waals surface area (Å²) in [7, 11) is 0. The van der Waals surface area contributed by atoms with Gasteiger partial charge >= 0.3 is 0 Å². The molecule has 0 aliphatic carbocycles. The van der Waals surface area contributed by atoms with Crippen molar-refractivity contribution in [3.63, 3.8) is 0 Å². The zero-order valence-corrected chi connectivity index (χ0v) is 16.7. The summed E-state index contributed by atoms with van der Waals surface area (Å²) in [6.07, 6.45) is 3.10. The number of imidazole rings is 1. The molecule has 1 fully saturated rings. The number of nitrogens with zero attached hydrogens (tertiary/aromatic N) is 2. The van der Waals surface area contributed by atoms with Gasteiger partial charge in [-0.1, -0.05) is 23.9 Å². The van der Waals surface area contributed by atoms with Gasteiger partial charge in [0.1, 0.15) is 5.82 Å². The fourth-order valence-corrected chi connectivity index (χ4v) is 4.05. The Labute approximate surface area is 163 Å². The predicted octanol–water partition coefficient (Wildman–Crippen LogP) is 3.27. The zero-order valence-electron chi connectivity index (χ0n) is 15.8. The first-order valence-electron chi connectivity index (χ1n) is 9.32. The summed E-state index contributed by atoms with van der Waals surface area (Å²) in [5, 5.41) is 3.78. The van der Waals surface area contributed by atoms with Gasteiger partial charge in [-0.3, -0.25) is 4.79 Å². The van der Waals surface area contributed by atoms with Gasteiger partial charge in [0.15, 0.2) is 5.16 Å². The third-order valence-electron chi connectivity index (χ3n) is 4.81. The Morgan fingerprint density at radius 2 is 2.15 bits per heavy atom. The van der Waals surface area contributed by atoms with E-state index in [0.29, 0.717) is 18.7 Å². The topological polar surface area (TPSA) is 56.2 Å². The molecule has 0 saturated carbocycles. The van der Waals surface area contributed by atoms with Crippen LogP contribution in [0.25, 0.3) is 0 Å². The van der Waals surface area contributed by atoms with Crippen molar-refractivity contribution in [3.8, 4) is 0 Å². The molecule has 1 N–H and O–H groups in total. The third-order valence-corrected chi connectivity index (χ3v) is 5.79. The van der Waals surface area contributed by atoms with E-state index in [1.165, 1.54) is 23.9 Å². The molecule has 1 aromatic heterocycles. The van der Waals surface area contributed by atoms with Gasteiger partial charge in [0, 0.05) is 18.8 Å². The van der Waals surface area contributed by atoms with Crippen LogP contribution in [0.2, 0.25) is 0 Å². The van der Waals surface area contributed by atoms with Crippen LogP contribution in [0.5, 0.6) is 0 Å². The molecule has 0 bridgehead atoms. The normalized spacial score (nSPS) is 16.6. The first-order chi connectivity index (χ1) is 13.0. The number of hydrogen-bond donors (Lipinski definition) is 1. The van der Waals surface area contributed by atoms with Gasteiger partial charge in [-0.15, -0.1) is 0 Å². The van der Waals surface area contributed by atoms with E-state index in [1.807, 2.05) is 6.92 Å². The number of carbonyl (C=O) groups excluding carboxylic acids is 1. The molecule has 1 unspecified atom stereocenters. The maximum absolute atomic E-state index is 12.9. The Morgan fingerprint density at radius 1 is 1.37 bits per heavy atom. The van der Waals surface area contributed by atoms with Crippen LogP contribution in [0.1, 0.15) is 29.8 Å². The van der Waals surface area contributed by atoms with Gasteiger partial charge in [-0.2, -0.15) is 0 Å². The van der Waals surface area contributed by atoms with Gasteiger partial charge in [-0.25, -0.2) is 9.37 Å². The lowest BCUT2D eigenvalue weighted by Gasteiger charge is -2.14. The molecule has 2 heterocycles. The molecule has 1 amide bonds. The van der Waals surface area contributed by atoms with Crippen molar-refractivity contribution in [2.75, 3.05) is 18.9 Å². The first kappa shape index (κ1) is 19.9. The van der Waals surface area contributed by atoms with Crippen molar-refractivity contribution < 1.29 is 13.9 Å². The van der Waals surface area contributed by atoms with Crippen LogP contribution in [0, 0.1) is 19.7 Å². The molecule has 1 atom stereocenters. The summed E-state index contributed by atoms with van der Waals surface area (Å²) in [6, 6.07) is 6.35. The number of halogens is 1. The van der Waals surface area contributed by atoms with Crippen LogP contribution in [0.15, 0.2) is 29.4 Å². The Kier molecular flexibility index (Phi) is 6.90. The fraction of sp³-hybridized carbons (Fsp3) is 0.500. The van der Waals surface area contributed by atoms with E-state index < -0.39 is 0 Å². The predicted molar refractivity (Wildman–Crippen MR) is 105 cm³/mol. The number of nitrogens with one attached hydrogen (secondary N) is 1. The molecular weight excluding hydrogens is 365 g/mol. The summed E-state index contributed by atoms with van der Waals surface area (Å²) in [6.45, 7) is 6.21. The first-order valence-corrected chi connectivity index (χ1v) is 10.3. The lowest BCUT2D eigenvalue weighted by molar-refractivity contribution is -0.118. The maximum Gasteiger partial charge on any atom is 0.230 e. The summed E-state index contributed by atoms with van der Waals surface area (Å²) < 4.78 is 20.8. The number of aromatic nitrogens is 2. The lowest BCUT2D eigenvalue weighted by atomic mass is 10.1. The highest BCUT2D eigenvalue weighted by Gasteiger charge is 2.20. The largest absolute Gasteiger partial charge is 0.376 e. The Bertz CT molecular complexity index is 770. The monoisotopic (exact) mass is 391 g/mol. The second-order valence-corrected chi connectivity index (χ2v) is 7.77. The molecule has 3 rings (SSSR count). The van der Waals surface area contributed by atoms with E-state index in [4.69, 9.17) is 4.74 Å². The van der Waals surface area contributed by atoms with E-state index in [0.717, 1.165) is 48.1 Å². The standard InChI is InChI=1S/C20H26FN3O2S/c1-14-15(2)24(12-18-4-3-11-26-18)20(23-14)27-13-19(25)22-10-9-16-5-7-17(21)8-6-16/h5-8,18H,3-4,9-13H2,1-2H3,(H,22,25). The number of thioether (sulfide) groups is 1. The summed E-state index contributed by atoms with van der Waals surface area (Å²) in [4.78, 5) is 16.8. The van der Waals surface area contributed by atoms with Gasteiger partial charge in [-0.05, 0) is 50.8 Å². The van der Waals surface area contributed by atoms with Crippen molar-refractivity contribution in [2.45, 2.75) is 50.9 Å². The van der Waals surface area contributed by atoms with Crippen LogP contribution >= 0.6 is 11.8 Å². The highest BCUT2D eigenvalue weighted by molar-refractivity contribution is 7.99. The van der Waals surface area contributed by atoms with Crippen LogP contribution in [-0.4, -0.2) is 40.5 Å². The van der Waals surface area contributed by atoms with Crippen molar-refractivity contribution in [1.82, 2.24) is 14.9 Å². The van der Waals surface area contributed by atoms with Gasteiger partial charge < -0.3 is 14.6 Å². The van der Waals surface area contributed by atoms with Crippen molar-refractivity contribution in [2.24, 2.45) is 0 Å². The minimum atomic E-state index is -0.247. The Hall–Kier alpha value is -1.86. The summed E-state index contributed by atoms with van der Waals surface area (Å²) in [5.41, 5.74) is 3.12. The fourth-order valence-electron chi connectivity index (χ4n) is 3.12. The van der Waals surface area contributed by atoms with E-state index in [2.05, 4.69) is 21.8 Å². The number of benzene rings is 1. The van der Waals surface area contributed by atoms with Crippen LogP contribution in [0.4, 0.5) is 4.39 Å². The highest BCUT2D eigenvalue weighted by atomic mass is 32.2. The van der Waals surface area contributed by atoms with E-state index in [9.17, 15) is 9.18 Å². The summed E-state index contributed by atoms with van der Waals surface area (Å²) >= 11 is 1.46. The molecule has 7 heteroatoms. The third kappa shape index (κ3) is 5.56. The second kappa shape index (κ2) is 9.37. The number of hydrogen-bond acceptors (Lipinski definition) is 4. The quantitative estimate of drug-likeness (QED) is 0.702. The molecule has 5 nitrogen and oxygen atoms in total. The molecular formula is C20H26FN3O2S. The van der Waals surface area contributed by atoms with Gasteiger partial charge in [0.2, 0.25) is 5.91 Å². The number of rotatable bonds is 8. The SMILES string of the molecule is Cc1nc(SCC(=O)NCCc2ccc(F)cc2)n(CC2CCCO2)c1C. The van der Waals surface area contributed by atoms with Crippen molar-refractivity contribution >= 4 is 17.7 Å². The molecule has 27 heavy (non-hydrogen) atoms. The van der Waals surface area contributed by atoms with E-state index >= 15 is 0 Å². The minimum Gasteiger partial charge on any atom is -0.376 e. The van der Waals surface area contributed by atoms with Crippen LogP contribution in [0.3, 0.4) is 0 Å². The van der Waals surface area contributed by atoms with Crippen LogP contribution in [-0.2, 0) is 22.5 Å². The van der Waals surface area contributed by atoms with E-state index in [-0.39, 0.29) is 17.8 Å².